The molecule has 0 saturated carbocycles. The van der Waals surface area contributed by atoms with Crippen LogP contribution < -0.4 is 10.5 Å². The second kappa shape index (κ2) is 4.88. The van der Waals surface area contributed by atoms with Crippen molar-refractivity contribution in [1.82, 2.24) is 0 Å². The molecule has 1 aromatic rings. The lowest BCUT2D eigenvalue weighted by Gasteiger charge is -2.17. The van der Waals surface area contributed by atoms with E-state index in [9.17, 15) is 0 Å². The monoisotopic (exact) mass is 219 g/mol. The highest BCUT2D eigenvalue weighted by Crippen LogP contribution is 2.41. The molecule has 2 N–H and O–H groups in total. The summed E-state index contributed by atoms with van der Waals surface area (Å²) in [6, 6.07) is 4.34. The zero-order valence-corrected chi connectivity index (χ0v) is 10.3. The molecule has 2 rings (SSSR count). The molecule has 1 aliphatic rings. The van der Waals surface area contributed by atoms with Gasteiger partial charge in [0.1, 0.15) is 5.75 Å². The largest absolute Gasteiger partial charge is 0.496 e. The lowest BCUT2D eigenvalue weighted by Crippen LogP contribution is -2.07. The van der Waals surface area contributed by atoms with Gasteiger partial charge < -0.3 is 10.5 Å². The summed E-state index contributed by atoms with van der Waals surface area (Å²) in [6.07, 6.45) is 4.62. The molecule has 2 heteroatoms. The number of fused-ring (bicyclic) bond motifs is 1. The van der Waals surface area contributed by atoms with Gasteiger partial charge in [-0.25, -0.2) is 0 Å². The van der Waals surface area contributed by atoms with Crippen LogP contribution in [-0.2, 0) is 12.8 Å². The first-order valence-electron chi connectivity index (χ1n) is 6.20. The Hall–Kier alpha value is -1.02. The van der Waals surface area contributed by atoms with E-state index in [2.05, 4.69) is 19.1 Å². The average Bonchev–Trinajstić information content (AvgIpc) is 2.72. The van der Waals surface area contributed by atoms with Gasteiger partial charge in [-0.3, -0.25) is 0 Å². The van der Waals surface area contributed by atoms with Crippen LogP contribution in [0.25, 0.3) is 0 Å². The molecule has 0 saturated heterocycles. The van der Waals surface area contributed by atoms with Gasteiger partial charge in [0, 0.05) is 0 Å². The third-order valence-corrected chi connectivity index (χ3v) is 3.66. The Kier molecular flexibility index (Phi) is 3.49. The molecule has 0 spiro atoms. The van der Waals surface area contributed by atoms with Crippen molar-refractivity contribution in [2.45, 2.75) is 38.5 Å². The topological polar surface area (TPSA) is 35.2 Å². The summed E-state index contributed by atoms with van der Waals surface area (Å²) < 4.78 is 5.46. The Morgan fingerprint density at radius 3 is 2.88 bits per heavy atom. The fourth-order valence-corrected chi connectivity index (χ4v) is 2.94. The molecule has 0 amide bonds. The normalized spacial score (nSPS) is 18.6. The molecular formula is C14H21NO. The smallest absolute Gasteiger partial charge is 0.122 e. The lowest BCUT2D eigenvalue weighted by atomic mass is 9.91. The fourth-order valence-electron chi connectivity index (χ4n) is 2.94. The number of hydrogen-bond donors (Lipinski definition) is 1. The lowest BCUT2D eigenvalue weighted by molar-refractivity contribution is 0.408. The van der Waals surface area contributed by atoms with Crippen molar-refractivity contribution in [3.05, 3.63) is 28.8 Å². The van der Waals surface area contributed by atoms with Crippen molar-refractivity contribution in [1.29, 1.82) is 0 Å². The van der Waals surface area contributed by atoms with Crippen LogP contribution in [0.1, 0.15) is 42.4 Å². The summed E-state index contributed by atoms with van der Waals surface area (Å²) in [7, 11) is 1.76. The Morgan fingerprint density at radius 2 is 2.25 bits per heavy atom. The molecule has 0 bridgehead atoms. The van der Waals surface area contributed by atoms with Crippen LogP contribution in [0.2, 0.25) is 0 Å². The number of benzene rings is 1. The summed E-state index contributed by atoms with van der Waals surface area (Å²) in [5, 5.41) is 0. The highest BCUT2D eigenvalue weighted by molar-refractivity contribution is 5.49. The highest BCUT2D eigenvalue weighted by atomic mass is 16.5. The molecule has 0 fully saturated rings. The Bertz CT molecular complexity index is 371. The SMILES string of the molecule is CCc1c(OC)ccc2c1C(CCN)CC2. The minimum absolute atomic E-state index is 0.657. The van der Waals surface area contributed by atoms with Crippen LogP contribution in [0, 0.1) is 0 Å². The molecule has 0 heterocycles. The highest BCUT2D eigenvalue weighted by Gasteiger charge is 2.25. The van der Waals surface area contributed by atoms with Crippen molar-refractivity contribution >= 4 is 0 Å². The van der Waals surface area contributed by atoms with Crippen molar-refractivity contribution in [3.8, 4) is 5.75 Å². The van der Waals surface area contributed by atoms with E-state index in [1.54, 1.807) is 7.11 Å². The first-order chi connectivity index (χ1) is 7.81. The first kappa shape index (κ1) is 11.5. The van der Waals surface area contributed by atoms with Gasteiger partial charge in [-0.2, -0.15) is 0 Å². The summed E-state index contributed by atoms with van der Waals surface area (Å²) >= 11 is 0. The van der Waals surface area contributed by atoms with Crippen LogP contribution >= 0.6 is 0 Å². The predicted octanol–water partition coefficient (Wildman–Crippen LogP) is 2.64. The summed E-state index contributed by atoms with van der Waals surface area (Å²) in [6.45, 7) is 2.99. The molecular weight excluding hydrogens is 198 g/mol. The van der Waals surface area contributed by atoms with Gasteiger partial charge >= 0.3 is 0 Å². The summed E-state index contributed by atoms with van der Waals surface area (Å²) in [5.74, 6) is 1.70. The first-order valence-corrected chi connectivity index (χ1v) is 6.20. The third kappa shape index (κ3) is 1.82. The Balaban J connectivity index is 2.44. The van der Waals surface area contributed by atoms with Gasteiger partial charge in [0.2, 0.25) is 0 Å². The van der Waals surface area contributed by atoms with E-state index < -0.39 is 0 Å². The number of methoxy groups -OCH3 is 1. The Morgan fingerprint density at radius 1 is 1.44 bits per heavy atom. The van der Waals surface area contributed by atoms with Crippen molar-refractivity contribution < 1.29 is 4.74 Å². The number of hydrogen-bond acceptors (Lipinski definition) is 2. The van der Waals surface area contributed by atoms with E-state index in [-0.39, 0.29) is 0 Å². The van der Waals surface area contributed by atoms with E-state index in [4.69, 9.17) is 10.5 Å². The van der Waals surface area contributed by atoms with E-state index >= 15 is 0 Å². The maximum absolute atomic E-state index is 5.70. The second-order valence-electron chi connectivity index (χ2n) is 4.49. The molecule has 1 aliphatic carbocycles. The zero-order valence-electron chi connectivity index (χ0n) is 10.3. The van der Waals surface area contributed by atoms with Gasteiger partial charge in [0.25, 0.3) is 0 Å². The predicted molar refractivity (Wildman–Crippen MR) is 67.1 cm³/mol. The molecule has 0 aliphatic heterocycles. The Labute approximate surface area is 97.8 Å². The van der Waals surface area contributed by atoms with Crippen LogP contribution in [0.5, 0.6) is 5.75 Å². The average molecular weight is 219 g/mol. The molecule has 16 heavy (non-hydrogen) atoms. The van der Waals surface area contributed by atoms with E-state index in [1.165, 1.54) is 29.5 Å². The number of aryl methyl sites for hydroxylation is 1. The van der Waals surface area contributed by atoms with E-state index in [0.29, 0.717) is 5.92 Å². The van der Waals surface area contributed by atoms with E-state index in [0.717, 1.165) is 25.1 Å². The quantitative estimate of drug-likeness (QED) is 0.845. The standard InChI is InChI=1S/C14H21NO/c1-3-12-13(16-2)7-6-10-4-5-11(8-9-15)14(10)12/h6-7,11H,3-5,8-9,15H2,1-2H3. The number of ether oxygens (including phenoxy) is 1. The van der Waals surface area contributed by atoms with Crippen molar-refractivity contribution in [2.75, 3.05) is 13.7 Å². The van der Waals surface area contributed by atoms with E-state index in [1.807, 2.05) is 0 Å². The van der Waals surface area contributed by atoms with Crippen molar-refractivity contribution in [2.24, 2.45) is 5.73 Å². The van der Waals surface area contributed by atoms with Crippen LogP contribution in [0.4, 0.5) is 0 Å². The van der Waals surface area contributed by atoms with Crippen molar-refractivity contribution in [3.63, 3.8) is 0 Å². The molecule has 88 valence electrons. The second-order valence-corrected chi connectivity index (χ2v) is 4.49. The minimum atomic E-state index is 0.657. The van der Waals surface area contributed by atoms with Crippen LogP contribution in [0.3, 0.4) is 0 Å². The number of nitrogens with two attached hydrogens (primary N) is 1. The molecule has 0 aromatic heterocycles. The number of rotatable bonds is 4. The maximum Gasteiger partial charge on any atom is 0.122 e. The summed E-state index contributed by atoms with van der Waals surface area (Å²) in [5.41, 5.74) is 10.1. The van der Waals surface area contributed by atoms with Gasteiger partial charge in [0.05, 0.1) is 7.11 Å². The van der Waals surface area contributed by atoms with Crippen LogP contribution in [0.15, 0.2) is 12.1 Å². The molecule has 1 atom stereocenters. The van der Waals surface area contributed by atoms with Gasteiger partial charge in [0.15, 0.2) is 0 Å². The molecule has 2 nitrogen and oxygen atoms in total. The van der Waals surface area contributed by atoms with Gasteiger partial charge in [-0.05, 0) is 60.9 Å². The summed E-state index contributed by atoms with van der Waals surface area (Å²) in [4.78, 5) is 0. The fraction of sp³-hybridized carbons (Fsp3) is 0.571. The third-order valence-electron chi connectivity index (χ3n) is 3.66. The maximum atomic E-state index is 5.70. The van der Waals surface area contributed by atoms with Crippen LogP contribution in [-0.4, -0.2) is 13.7 Å². The molecule has 0 radical (unpaired) electrons. The molecule has 1 unspecified atom stereocenters. The zero-order chi connectivity index (χ0) is 11.5. The molecule has 1 aromatic carbocycles. The van der Waals surface area contributed by atoms with Gasteiger partial charge in [-0.15, -0.1) is 0 Å². The van der Waals surface area contributed by atoms with Gasteiger partial charge in [-0.1, -0.05) is 13.0 Å². The minimum Gasteiger partial charge on any atom is -0.496 e.